The predicted molar refractivity (Wildman–Crippen MR) is 418 cm³/mol. The van der Waals surface area contributed by atoms with E-state index < -0.39 is 97.5 Å². The molecule has 0 aromatic carbocycles. The molecule has 6 atom stereocenters. The first-order valence-corrected chi connectivity index (χ1v) is 46.2. The van der Waals surface area contributed by atoms with E-state index in [1.807, 2.05) is 0 Å². The second-order valence-corrected chi connectivity index (χ2v) is 33.0. The Bertz CT molecular complexity index is 1950. The number of hydrogen-bond acceptors (Lipinski definition) is 15. The Morgan fingerprint density at radius 1 is 0.275 bits per heavy atom. The number of esters is 4. The lowest BCUT2D eigenvalue weighted by Crippen LogP contribution is -2.30. The van der Waals surface area contributed by atoms with Gasteiger partial charge in [0, 0.05) is 25.7 Å². The van der Waals surface area contributed by atoms with Crippen LogP contribution in [0.15, 0.2) is 0 Å². The molecule has 19 heteroatoms. The van der Waals surface area contributed by atoms with Crippen LogP contribution in [-0.2, 0) is 65.4 Å². The minimum absolute atomic E-state index is 0.107. The molecule has 17 nitrogen and oxygen atoms in total. The molecule has 0 spiro atoms. The van der Waals surface area contributed by atoms with E-state index in [2.05, 4.69) is 34.6 Å². The van der Waals surface area contributed by atoms with E-state index in [0.717, 1.165) is 102 Å². The molecule has 0 aromatic rings. The number of ether oxygens (including phenoxy) is 4. The van der Waals surface area contributed by atoms with Gasteiger partial charge in [0.05, 0.1) is 26.4 Å². The smallest absolute Gasteiger partial charge is 0.462 e. The zero-order valence-corrected chi connectivity index (χ0v) is 68.5. The van der Waals surface area contributed by atoms with Gasteiger partial charge in [0.2, 0.25) is 0 Å². The summed E-state index contributed by atoms with van der Waals surface area (Å²) in [6.45, 7) is 7.29. The molecule has 0 heterocycles. The molecule has 0 rings (SSSR count). The molecule has 3 N–H and O–H groups in total. The summed E-state index contributed by atoms with van der Waals surface area (Å²) >= 11 is 0. The fraction of sp³-hybridized carbons (Fsp3) is 0.952. The highest BCUT2D eigenvalue weighted by atomic mass is 31.2. The lowest BCUT2D eigenvalue weighted by molar-refractivity contribution is -0.161. The van der Waals surface area contributed by atoms with Crippen molar-refractivity contribution in [2.75, 3.05) is 39.6 Å². The molecule has 606 valence electrons. The maximum atomic E-state index is 13.1. The third-order valence-electron chi connectivity index (χ3n) is 19.9. The van der Waals surface area contributed by atoms with Crippen LogP contribution in [0, 0.1) is 5.92 Å². The summed E-state index contributed by atoms with van der Waals surface area (Å²) in [6, 6.07) is 0. The highest BCUT2D eigenvalue weighted by Gasteiger charge is 2.30. The van der Waals surface area contributed by atoms with Crippen LogP contribution in [0.1, 0.15) is 446 Å². The number of rotatable bonds is 83. The molecule has 0 aliphatic carbocycles. The van der Waals surface area contributed by atoms with Crippen molar-refractivity contribution >= 4 is 39.5 Å². The SMILES string of the molecule is CCCCCCCCCCCCCCCCCCCCCCCCC(=O)O[C@H](COC(=O)CCCCCCCCCCCCCCCCCCCCC)COP(=O)(O)OC[C@@H](O)COP(=O)(O)OC[C@@H](COC(=O)CCCCCCCCC(C)CC)OC(=O)CCCCCCCCCCCCC. The normalized spacial score (nSPS) is 14.1. The molecule has 0 radical (unpaired) electrons. The van der Waals surface area contributed by atoms with Crippen molar-refractivity contribution in [1.82, 2.24) is 0 Å². The zero-order chi connectivity index (χ0) is 74.8. The lowest BCUT2D eigenvalue weighted by atomic mass is 10.00. The van der Waals surface area contributed by atoms with Crippen molar-refractivity contribution in [3.05, 3.63) is 0 Å². The summed E-state index contributed by atoms with van der Waals surface area (Å²) in [5.41, 5.74) is 0. The highest BCUT2D eigenvalue weighted by Crippen LogP contribution is 2.45. The number of unbranched alkanes of at least 4 members (excludes halogenated alkanes) is 54. The van der Waals surface area contributed by atoms with Gasteiger partial charge in [-0.25, -0.2) is 9.13 Å². The van der Waals surface area contributed by atoms with Crippen LogP contribution in [0.3, 0.4) is 0 Å². The second kappa shape index (κ2) is 75.9. The molecule has 0 saturated heterocycles. The second-order valence-electron chi connectivity index (χ2n) is 30.1. The van der Waals surface area contributed by atoms with Crippen molar-refractivity contribution in [2.24, 2.45) is 5.92 Å². The van der Waals surface area contributed by atoms with Crippen LogP contribution < -0.4 is 0 Å². The van der Waals surface area contributed by atoms with Gasteiger partial charge in [0.25, 0.3) is 0 Å². The number of phosphoric ester groups is 2. The van der Waals surface area contributed by atoms with E-state index >= 15 is 0 Å². The van der Waals surface area contributed by atoms with Crippen molar-refractivity contribution in [2.45, 2.75) is 464 Å². The average Bonchev–Trinajstić information content (AvgIpc) is 0.944. The number of carbonyl (C=O) groups is 4. The van der Waals surface area contributed by atoms with Gasteiger partial charge in [-0.2, -0.15) is 0 Å². The van der Waals surface area contributed by atoms with E-state index in [0.29, 0.717) is 25.7 Å². The van der Waals surface area contributed by atoms with Gasteiger partial charge in [0.15, 0.2) is 12.2 Å². The van der Waals surface area contributed by atoms with Gasteiger partial charge in [0.1, 0.15) is 19.3 Å². The number of phosphoric acid groups is 2. The summed E-state index contributed by atoms with van der Waals surface area (Å²) in [4.78, 5) is 73.0. The van der Waals surface area contributed by atoms with Crippen LogP contribution in [0.2, 0.25) is 0 Å². The Morgan fingerprint density at radius 2 is 0.471 bits per heavy atom. The van der Waals surface area contributed by atoms with E-state index in [1.165, 1.54) is 263 Å². The summed E-state index contributed by atoms with van der Waals surface area (Å²) in [5.74, 6) is -1.38. The summed E-state index contributed by atoms with van der Waals surface area (Å²) < 4.78 is 68.7. The molecule has 0 fully saturated rings. The van der Waals surface area contributed by atoms with E-state index in [1.54, 1.807) is 0 Å². The zero-order valence-electron chi connectivity index (χ0n) is 66.8. The monoisotopic (exact) mass is 1490 g/mol. The summed E-state index contributed by atoms with van der Waals surface area (Å²) in [6.07, 6.45) is 68.2. The van der Waals surface area contributed by atoms with Crippen molar-refractivity contribution in [3.8, 4) is 0 Å². The minimum atomic E-state index is -4.96. The molecular formula is C83H162O17P2. The van der Waals surface area contributed by atoms with Gasteiger partial charge < -0.3 is 33.8 Å². The Labute approximate surface area is 626 Å². The van der Waals surface area contributed by atoms with Gasteiger partial charge in [-0.15, -0.1) is 0 Å². The van der Waals surface area contributed by atoms with Crippen molar-refractivity contribution in [1.29, 1.82) is 0 Å². The Kier molecular flexibility index (Phi) is 74.4. The Morgan fingerprint density at radius 3 is 0.696 bits per heavy atom. The van der Waals surface area contributed by atoms with Gasteiger partial charge in [-0.3, -0.25) is 37.3 Å². The van der Waals surface area contributed by atoms with Crippen LogP contribution in [-0.4, -0.2) is 96.7 Å². The molecule has 0 aromatic heterocycles. The fourth-order valence-electron chi connectivity index (χ4n) is 12.9. The van der Waals surface area contributed by atoms with Crippen molar-refractivity contribution in [3.63, 3.8) is 0 Å². The molecule has 3 unspecified atom stereocenters. The van der Waals surface area contributed by atoms with Gasteiger partial charge in [-0.1, -0.05) is 394 Å². The minimum Gasteiger partial charge on any atom is -0.462 e. The number of carbonyl (C=O) groups excluding carboxylic acids is 4. The summed E-state index contributed by atoms with van der Waals surface area (Å²) in [7, 11) is -9.92. The average molecular weight is 1490 g/mol. The Balaban J connectivity index is 5.19. The van der Waals surface area contributed by atoms with Gasteiger partial charge in [-0.05, 0) is 31.6 Å². The molecule has 0 aliphatic heterocycles. The first kappa shape index (κ1) is 100. The number of hydrogen-bond donors (Lipinski definition) is 3. The third-order valence-corrected chi connectivity index (χ3v) is 21.8. The van der Waals surface area contributed by atoms with Crippen LogP contribution in [0.5, 0.6) is 0 Å². The van der Waals surface area contributed by atoms with E-state index in [-0.39, 0.29) is 25.7 Å². The number of aliphatic hydroxyl groups excluding tert-OH is 1. The molecule has 0 saturated carbocycles. The molecule has 0 aliphatic rings. The van der Waals surface area contributed by atoms with Crippen molar-refractivity contribution < 1.29 is 80.2 Å². The highest BCUT2D eigenvalue weighted by molar-refractivity contribution is 7.47. The number of aliphatic hydroxyl groups is 1. The van der Waals surface area contributed by atoms with E-state index in [9.17, 15) is 43.2 Å². The molecular weight excluding hydrogens is 1330 g/mol. The Hall–Kier alpha value is -1.94. The molecule has 0 amide bonds. The fourth-order valence-corrected chi connectivity index (χ4v) is 14.5. The first-order chi connectivity index (χ1) is 49.6. The lowest BCUT2D eigenvalue weighted by Gasteiger charge is -2.21. The van der Waals surface area contributed by atoms with E-state index in [4.69, 9.17) is 37.0 Å². The standard InChI is InChI=1S/C83H162O17P2/c1-6-10-13-16-19-22-25-27-29-31-33-34-35-37-39-41-43-46-49-52-59-64-69-83(88)99-78(72-93-80(85)66-61-56-50-47-45-42-40-38-36-32-30-28-26-23-20-17-14-11-7-2)74-97-101(89,90)95-70-77(84)71-96-102(91,92)98-75-79(73-94-81(86)67-62-57-54-53-55-60-65-76(5)9-4)100-82(87)68-63-58-51-48-44-24-21-18-15-12-8-3/h76-79,84H,6-75H2,1-5H3,(H,89,90)(H,91,92)/t76?,77-,78-,79-/m1/s1. The van der Waals surface area contributed by atoms with Gasteiger partial charge >= 0.3 is 39.5 Å². The quantitative estimate of drug-likeness (QED) is 0.0222. The predicted octanol–water partition coefficient (Wildman–Crippen LogP) is 25.2. The maximum Gasteiger partial charge on any atom is 0.472 e. The first-order valence-electron chi connectivity index (χ1n) is 43.2. The van der Waals surface area contributed by atoms with Crippen LogP contribution in [0.25, 0.3) is 0 Å². The largest absolute Gasteiger partial charge is 0.472 e. The molecule has 102 heavy (non-hydrogen) atoms. The summed E-state index contributed by atoms with van der Waals surface area (Å²) in [5, 5.41) is 10.6. The molecule has 0 bridgehead atoms. The maximum absolute atomic E-state index is 13.1. The third kappa shape index (κ3) is 74.9. The topological polar surface area (TPSA) is 237 Å². The van der Waals surface area contributed by atoms with Crippen LogP contribution in [0.4, 0.5) is 0 Å². The van der Waals surface area contributed by atoms with Crippen LogP contribution >= 0.6 is 15.6 Å².